The lowest BCUT2D eigenvalue weighted by Crippen LogP contribution is -1.70. The lowest BCUT2D eigenvalue weighted by molar-refractivity contribution is 0.185. The third-order valence-electron chi connectivity index (χ3n) is 0.370. The molecule has 0 aromatic carbocycles. The van der Waals surface area contributed by atoms with Gasteiger partial charge in [0.25, 0.3) is 0 Å². The Bertz CT molecular complexity index is 178. The second kappa shape index (κ2) is 8.00. The van der Waals surface area contributed by atoms with Crippen LogP contribution in [0.25, 0.3) is 0 Å². The van der Waals surface area contributed by atoms with Crippen LogP contribution in [-0.4, -0.2) is 7.11 Å². The number of nitrogens with two attached hydrogens (primary N) is 1. The van der Waals surface area contributed by atoms with Gasteiger partial charge in [0.15, 0.2) is 0 Å². The second-order valence-corrected chi connectivity index (χ2v) is 0.916. The molecule has 0 bridgehead atoms. The van der Waals surface area contributed by atoms with Crippen molar-refractivity contribution in [3.63, 3.8) is 0 Å². The Kier molecular flexibility index (Phi) is 6.55. The van der Waals surface area contributed by atoms with Crippen molar-refractivity contribution in [1.29, 1.82) is 0 Å². The summed E-state index contributed by atoms with van der Waals surface area (Å²) < 4.78 is 0. The molecule has 0 spiro atoms. The van der Waals surface area contributed by atoms with Crippen molar-refractivity contribution < 1.29 is 4.84 Å². The van der Waals surface area contributed by atoms with Gasteiger partial charge in [-0.3, -0.25) is 0 Å². The van der Waals surface area contributed by atoms with Gasteiger partial charge in [0.2, 0.25) is 0 Å². The van der Waals surface area contributed by atoms with Crippen LogP contribution in [0, 0.1) is 0 Å². The van der Waals surface area contributed by atoms with Crippen LogP contribution in [0.2, 0.25) is 0 Å². The zero-order valence-corrected chi connectivity index (χ0v) is 5.56. The second-order valence-electron chi connectivity index (χ2n) is 0.916. The Hall–Kier alpha value is -2.00. The minimum atomic E-state index is 1.31. The van der Waals surface area contributed by atoms with Crippen molar-refractivity contribution in [2.24, 2.45) is 47.7 Å². The van der Waals surface area contributed by atoms with E-state index in [1.807, 2.05) is 0 Å². The molecule has 0 rings (SSSR count). The zero-order valence-electron chi connectivity index (χ0n) is 5.56. The Morgan fingerprint density at radius 1 is 0.909 bits per heavy atom. The van der Waals surface area contributed by atoms with Crippen LogP contribution in [0.3, 0.4) is 0 Å². The van der Waals surface area contributed by atoms with Crippen molar-refractivity contribution in [2.45, 2.75) is 0 Å². The lowest BCUT2D eigenvalue weighted by Gasteiger charge is -1.74. The van der Waals surface area contributed by atoms with Crippen LogP contribution in [0.4, 0.5) is 0 Å². The maximum Gasteiger partial charge on any atom is 0.108 e. The number of nitrogens with zero attached hydrogens (tertiary/aromatic N) is 8. The van der Waals surface area contributed by atoms with Crippen LogP contribution in [0.5, 0.6) is 0 Å². The van der Waals surface area contributed by atoms with Crippen LogP contribution in [0.15, 0.2) is 41.8 Å². The first-order chi connectivity index (χ1) is 5.41. The van der Waals surface area contributed by atoms with E-state index in [4.69, 9.17) is 0 Å². The predicted octanol–water partition coefficient (Wildman–Crippen LogP) is 0.975. The summed E-state index contributed by atoms with van der Waals surface area (Å²) in [6.07, 6.45) is 0. The third kappa shape index (κ3) is 8.00. The van der Waals surface area contributed by atoms with Crippen molar-refractivity contribution in [1.82, 2.24) is 0 Å². The van der Waals surface area contributed by atoms with E-state index in [-0.39, 0.29) is 0 Å². The fraction of sp³-hybridized carbons (Fsp3) is 1.00. The molecule has 10 nitrogen and oxygen atoms in total. The maximum absolute atomic E-state index is 4.56. The summed E-state index contributed by atoms with van der Waals surface area (Å²) in [7, 11) is 1.31. The predicted molar refractivity (Wildman–Crippen MR) is 30.6 cm³/mol. The highest BCUT2D eigenvalue weighted by Crippen LogP contribution is 1.83. The Balaban J connectivity index is 3.51. The molecule has 0 aromatic rings. The molecule has 0 saturated heterocycles. The van der Waals surface area contributed by atoms with E-state index in [1.165, 1.54) is 7.11 Å². The highest BCUT2D eigenvalue weighted by Gasteiger charge is 1.66. The van der Waals surface area contributed by atoms with E-state index >= 15 is 0 Å². The molecule has 60 valence electrons. The van der Waals surface area contributed by atoms with Gasteiger partial charge in [-0.1, -0.05) is 5.22 Å². The third-order valence-corrected chi connectivity index (χ3v) is 0.370. The van der Waals surface area contributed by atoms with Gasteiger partial charge >= 0.3 is 0 Å². The summed E-state index contributed by atoms with van der Waals surface area (Å²) in [5.41, 5.74) is 0. The Labute approximate surface area is 60.8 Å². The maximum atomic E-state index is 4.56. The number of hydrogen-bond acceptors (Lipinski definition) is 3. The Morgan fingerprint density at radius 2 is 1.45 bits per heavy atom. The molecule has 0 aliphatic rings. The minimum absolute atomic E-state index is 1.31. The molecule has 0 radical (unpaired) electrons. The summed E-state index contributed by atoms with van der Waals surface area (Å²) in [6, 6.07) is 0. The molecular weight excluding hydrogens is 154 g/mol. The molecule has 0 fully saturated rings. The number of rotatable bonds is 4. The van der Waals surface area contributed by atoms with Crippen LogP contribution in [0.1, 0.15) is 0 Å². The van der Waals surface area contributed by atoms with E-state index in [2.05, 4.69) is 52.5 Å². The molecule has 0 aromatic heterocycles. The van der Waals surface area contributed by atoms with Gasteiger partial charge in [0.1, 0.15) is 7.11 Å². The van der Waals surface area contributed by atoms with Gasteiger partial charge < -0.3 is 10.7 Å². The summed E-state index contributed by atoms with van der Waals surface area (Å²) in [6.45, 7) is 0. The molecule has 0 atom stereocenters. The molecule has 2 N–H and O–H groups in total. The smallest absolute Gasteiger partial charge is 0.108 e. The SMILES string of the molecule is CON=NN=NN=NN=NN. The summed E-state index contributed by atoms with van der Waals surface area (Å²) >= 11 is 0. The van der Waals surface area contributed by atoms with Gasteiger partial charge in [0.05, 0.1) is 0 Å². The standard InChI is InChI=1S/CH5N9O/c1-11-10-9-8-7-6-5-4-3-2/h1H3,(H2,2,4,6,8,10). The number of hydrogen-bond donors (Lipinski definition) is 1. The largest absolute Gasteiger partial charge is 0.381 e. The monoisotopic (exact) mass is 159 g/mol. The molecule has 11 heavy (non-hydrogen) atoms. The van der Waals surface area contributed by atoms with E-state index < -0.39 is 0 Å². The zero-order chi connectivity index (χ0) is 8.36. The normalized spacial score (nSPS) is 12.8. The van der Waals surface area contributed by atoms with E-state index in [0.717, 1.165) is 0 Å². The summed E-state index contributed by atoms with van der Waals surface area (Å²) in [4.78, 5) is 4.14. The quantitative estimate of drug-likeness (QED) is 0.371. The fourth-order valence-electron chi connectivity index (χ4n) is 0.147. The molecule has 0 unspecified atom stereocenters. The molecule has 10 heteroatoms. The fourth-order valence-corrected chi connectivity index (χ4v) is 0.147. The molecule has 0 aliphatic heterocycles. The molecule has 0 heterocycles. The highest BCUT2D eigenvalue weighted by molar-refractivity contribution is 4.07. The van der Waals surface area contributed by atoms with Gasteiger partial charge in [-0.2, -0.15) is 0 Å². The summed E-state index contributed by atoms with van der Waals surface area (Å²) in [5, 5.41) is 23.5. The van der Waals surface area contributed by atoms with Crippen LogP contribution in [-0.2, 0) is 4.84 Å². The molecular formula is CH5N9O. The van der Waals surface area contributed by atoms with Crippen molar-refractivity contribution in [2.75, 3.05) is 7.11 Å². The lowest BCUT2D eigenvalue weighted by atomic mass is 11.7. The average Bonchev–Trinajstić information content (AvgIpc) is 2.03. The van der Waals surface area contributed by atoms with E-state index in [9.17, 15) is 0 Å². The molecule has 0 saturated carbocycles. The van der Waals surface area contributed by atoms with E-state index in [1.54, 1.807) is 0 Å². The summed E-state index contributed by atoms with van der Waals surface area (Å²) in [5.74, 6) is 4.56. The molecule has 0 amide bonds. The van der Waals surface area contributed by atoms with Crippen LogP contribution < -0.4 is 5.84 Å². The van der Waals surface area contributed by atoms with Gasteiger partial charge in [-0.15, -0.1) is 0 Å². The van der Waals surface area contributed by atoms with Crippen molar-refractivity contribution >= 4 is 0 Å². The first-order valence-electron chi connectivity index (χ1n) is 2.25. The van der Waals surface area contributed by atoms with Crippen molar-refractivity contribution in [3.8, 4) is 0 Å². The first-order valence-corrected chi connectivity index (χ1v) is 2.25. The molecule has 0 aliphatic carbocycles. The average molecular weight is 159 g/mol. The van der Waals surface area contributed by atoms with Gasteiger partial charge in [-0.25, -0.2) is 0 Å². The van der Waals surface area contributed by atoms with Gasteiger partial charge in [0, 0.05) is 20.9 Å². The first kappa shape index (κ1) is 9.00. The van der Waals surface area contributed by atoms with Crippen molar-refractivity contribution in [3.05, 3.63) is 0 Å². The van der Waals surface area contributed by atoms with E-state index in [0.29, 0.717) is 0 Å². The Morgan fingerprint density at radius 3 is 2.00 bits per heavy atom. The highest BCUT2D eigenvalue weighted by atomic mass is 16.6. The van der Waals surface area contributed by atoms with Gasteiger partial charge in [-0.05, 0) is 15.7 Å². The van der Waals surface area contributed by atoms with Crippen LogP contribution >= 0.6 is 0 Å². The topological polar surface area (TPSA) is 134 Å². The minimum Gasteiger partial charge on any atom is -0.381 e.